The molecule has 90 valence electrons. The van der Waals surface area contributed by atoms with Crippen molar-refractivity contribution in [1.29, 1.82) is 0 Å². The largest absolute Gasteiger partial charge is 0.476 e. The summed E-state index contributed by atoms with van der Waals surface area (Å²) in [4.78, 5) is 8.39. The van der Waals surface area contributed by atoms with E-state index in [2.05, 4.69) is 16.9 Å². The van der Waals surface area contributed by atoms with Crippen LogP contribution < -0.4 is 16.2 Å². The molecule has 0 radical (unpaired) electrons. The third-order valence-electron chi connectivity index (χ3n) is 2.21. The maximum atomic E-state index is 5.76. The monoisotopic (exact) mass is 224 g/mol. The molecule has 4 N–H and O–H groups in total. The molecule has 1 heterocycles. The van der Waals surface area contributed by atoms with Crippen LogP contribution in [0.4, 0.5) is 11.5 Å². The number of nitrogens with two attached hydrogens (primary N) is 2. The molecule has 0 saturated carbocycles. The first-order chi connectivity index (χ1) is 7.56. The SMILES string of the molecule is CCCCOc1nc(C(C)C)nc(N)c1N. The predicted octanol–water partition coefficient (Wildman–Crippen LogP) is 1.94. The summed E-state index contributed by atoms with van der Waals surface area (Å²) in [5.41, 5.74) is 11.8. The van der Waals surface area contributed by atoms with E-state index in [1.165, 1.54) is 0 Å². The number of aromatic nitrogens is 2. The van der Waals surface area contributed by atoms with Crippen molar-refractivity contribution in [2.45, 2.75) is 39.5 Å². The quantitative estimate of drug-likeness (QED) is 0.746. The van der Waals surface area contributed by atoms with E-state index < -0.39 is 0 Å². The van der Waals surface area contributed by atoms with Gasteiger partial charge < -0.3 is 16.2 Å². The Bertz CT molecular complexity index is 352. The molecule has 0 amide bonds. The molecule has 0 bridgehead atoms. The lowest BCUT2D eigenvalue weighted by atomic mass is 10.2. The summed E-state index contributed by atoms with van der Waals surface area (Å²) in [5, 5.41) is 0. The van der Waals surface area contributed by atoms with Crippen LogP contribution in [0.25, 0.3) is 0 Å². The maximum Gasteiger partial charge on any atom is 0.242 e. The van der Waals surface area contributed by atoms with E-state index in [1.54, 1.807) is 0 Å². The molecule has 0 atom stereocenters. The molecule has 1 aromatic heterocycles. The van der Waals surface area contributed by atoms with Gasteiger partial charge in [0, 0.05) is 5.92 Å². The van der Waals surface area contributed by atoms with Crippen molar-refractivity contribution in [3.8, 4) is 5.88 Å². The molecule has 0 aliphatic carbocycles. The van der Waals surface area contributed by atoms with Gasteiger partial charge in [-0.3, -0.25) is 0 Å². The first-order valence-electron chi connectivity index (χ1n) is 5.62. The highest BCUT2D eigenvalue weighted by molar-refractivity contribution is 5.64. The zero-order chi connectivity index (χ0) is 12.1. The summed E-state index contributed by atoms with van der Waals surface area (Å²) in [6.07, 6.45) is 2.04. The molecule has 0 fully saturated rings. The van der Waals surface area contributed by atoms with Gasteiger partial charge in [0.15, 0.2) is 5.82 Å². The standard InChI is InChI=1S/C11H20N4O/c1-4-5-6-16-11-8(12)9(13)14-10(15-11)7(2)3/h7H,4-6,12H2,1-3H3,(H2,13,14,15). The number of anilines is 2. The molecule has 0 aliphatic heterocycles. The van der Waals surface area contributed by atoms with Gasteiger partial charge in [0.2, 0.25) is 5.88 Å². The van der Waals surface area contributed by atoms with Crippen molar-refractivity contribution in [1.82, 2.24) is 9.97 Å². The number of ether oxygens (including phenoxy) is 1. The van der Waals surface area contributed by atoms with E-state index in [0.29, 0.717) is 29.8 Å². The van der Waals surface area contributed by atoms with Crippen molar-refractivity contribution in [2.24, 2.45) is 0 Å². The summed E-state index contributed by atoms with van der Waals surface area (Å²) < 4.78 is 5.49. The topological polar surface area (TPSA) is 87.0 Å². The Morgan fingerprint density at radius 3 is 2.50 bits per heavy atom. The molecule has 16 heavy (non-hydrogen) atoms. The average Bonchev–Trinajstić information content (AvgIpc) is 2.24. The van der Waals surface area contributed by atoms with Gasteiger partial charge in [0.05, 0.1) is 6.61 Å². The molecule has 0 unspecified atom stereocenters. The lowest BCUT2D eigenvalue weighted by molar-refractivity contribution is 0.298. The minimum atomic E-state index is 0.205. The van der Waals surface area contributed by atoms with E-state index in [4.69, 9.17) is 16.2 Å². The molecule has 5 nitrogen and oxygen atoms in total. The van der Waals surface area contributed by atoms with E-state index >= 15 is 0 Å². The smallest absolute Gasteiger partial charge is 0.242 e. The second kappa shape index (κ2) is 5.53. The van der Waals surface area contributed by atoms with Gasteiger partial charge in [-0.1, -0.05) is 27.2 Å². The summed E-state index contributed by atoms with van der Waals surface area (Å²) in [6.45, 7) is 6.71. The summed E-state index contributed by atoms with van der Waals surface area (Å²) in [7, 11) is 0. The second-order valence-electron chi connectivity index (χ2n) is 4.04. The van der Waals surface area contributed by atoms with Crippen molar-refractivity contribution in [3.05, 3.63) is 5.82 Å². The Hall–Kier alpha value is -1.52. The number of rotatable bonds is 5. The third kappa shape index (κ3) is 2.98. The normalized spacial score (nSPS) is 10.8. The fourth-order valence-corrected chi connectivity index (χ4v) is 1.16. The van der Waals surface area contributed by atoms with E-state index in [0.717, 1.165) is 12.8 Å². The zero-order valence-corrected chi connectivity index (χ0v) is 10.2. The molecular weight excluding hydrogens is 204 g/mol. The molecule has 5 heteroatoms. The predicted molar refractivity (Wildman–Crippen MR) is 65.3 cm³/mol. The highest BCUT2D eigenvalue weighted by Gasteiger charge is 2.12. The van der Waals surface area contributed by atoms with Crippen molar-refractivity contribution in [3.63, 3.8) is 0 Å². The number of nitrogens with zero attached hydrogens (tertiary/aromatic N) is 2. The average molecular weight is 224 g/mol. The zero-order valence-electron chi connectivity index (χ0n) is 10.2. The van der Waals surface area contributed by atoms with Gasteiger partial charge in [0.1, 0.15) is 11.5 Å². The molecular formula is C11H20N4O. The van der Waals surface area contributed by atoms with Crippen LogP contribution in [-0.4, -0.2) is 16.6 Å². The first kappa shape index (κ1) is 12.5. The van der Waals surface area contributed by atoms with Crippen LogP contribution in [-0.2, 0) is 0 Å². The van der Waals surface area contributed by atoms with Crippen LogP contribution in [0, 0.1) is 0 Å². The lowest BCUT2D eigenvalue weighted by Crippen LogP contribution is -2.10. The number of hydrogen-bond acceptors (Lipinski definition) is 5. The van der Waals surface area contributed by atoms with Crippen LogP contribution in [0.5, 0.6) is 5.88 Å². The molecule has 0 spiro atoms. The van der Waals surface area contributed by atoms with E-state index in [-0.39, 0.29) is 5.92 Å². The van der Waals surface area contributed by atoms with Gasteiger partial charge in [-0.15, -0.1) is 0 Å². The van der Waals surface area contributed by atoms with Gasteiger partial charge in [-0.2, -0.15) is 4.98 Å². The summed E-state index contributed by atoms with van der Waals surface area (Å²) in [6, 6.07) is 0. The number of hydrogen-bond donors (Lipinski definition) is 2. The Morgan fingerprint density at radius 2 is 1.94 bits per heavy atom. The van der Waals surface area contributed by atoms with Crippen molar-refractivity contribution >= 4 is 11.5 Å². The van der Waals surface area contributed by atoms with E-state index in [9.17, 15) is 0 Å². The van der Waals surface area contributed by atoms with Crippen LogP contribution in [0.2, 0.25) is 0 Å². The summed E-state index contributed by atoms with van der Waals surface area (Å²) in [5.74, 6) is 1.57. The van der Waals surface area contributed by atoms with Gasteiger partial charge in [0.25, 0.3) is 0 Å². The first-order valence-corrected chi connectivity index (χ1v) is 5.62. The Balaban J connectivity index is 2.88. The Morgan fingerprint density at radius 1 is 1.25 bits per heavy atom. The fourth-order valence-electron chi connectivity index (χ4n) is 1.16. The third-order valence-corrected chi connectivity index (χ3v) is 2.21. The number of nitrogen functional groups attached to an aromatic ring is 2. The van der Waals surface area contributed by atoms with Crippen LogP contribution in [0.3, 0.4) is 0 Å². The van der Waals surface area contributed by atoms with Crippen LogP contribution in [0.1, 0.15) is 45.4 Å². The Kier molecular flexibility index (Phi) is 4.34. The highest BCUT2D eigenvalue weighted by atomic mass is 16.5. The van der Waals surface area contributed by atoms with Crippen LogP contribution >= 0.6 is 0 Å². The van der Waals surface area contributed by atoms with E-state index in [1.807, 2.05) is 13.8 Å². The minimum absolute atomic E-state index is 0.205. The molecule has 1 rings (SSSR count). The van der Waals surface area contributed by atoms with Gasteiger partial charge in [-0.25, -0.2) is 4.98 Å². The molecule has 0 aliphatic rings. The van der Waals surface area contributed by atoms with Gasteiger partial charge in [-0.05, 0) is 6.42 Å². The molecule has 0 aromatic carbocycles. The maximum absolute atomic E-state index is 5.76. The molecule has 1 aromatic rings. The Labute approximate surface area is 96.2 Å². The van der Waals surface area contributed by atoms with Crippen LogP contribution in [0.15, 0.2) is 0 Å². The second-order valence-corrected chi connectivity index (χ2v) is 4.04. The highest BCUT2D eigenvalue weighted by Crippen LogP contribution is 2.26. The van der Waals surface area contributed by atoms with Crippen molar-refractivity contribution < 1.29 is 4.74 Å². The lowest BCUT2D eigenvalue weighted by Gasteiger charge is -2.12. The van der Waals surface area contributed by atoms with Gasteiger partial charge >= 0.3 is 0 Å². The molecule has 0 saturated heterocycles. The number of unbranched alkanes of at least 4 members (excludes halogenated alkanes) is 1. The minimum Gasteiger partial charge on any atom is -0.476 e. The summed E-state index contributed by atoms with van der Waals surface area (Å²) >= 11 is 0. The fraction of sp³-hybridized carbons (Fsp3) is 0.636. The van der Waals surface area contributed by atoms with Crippen molar-refractivity contribution in [2.75, 3.05) is 18.1 Å².